The zero-order valence-electron chi connectivity index (χ0n) is 12.4. The van der Waals surface area contributed by atoms with Crippen LogP contribution in [0.4, 0.5) is 0 Å². The van der Waals surface area contributed by atoms with E-state index >= 15 is 0 Å². The number of hydrogen-bond acceptors (Lipinski definition) is 13. The first-order valence-electron chi connectivity index (χ1n) is 6.20. The number of aliphatic hydroxyl groups excluding tert-OH is 4. The predicted molar refractivity (Wildman–Crippen MR) is 95.4 cm³/mol. The Morgan fingerprint density at radius 2 is 0.815 bits per heavy atom. The molecule has 0 fully saturated rings. The Morgan fingerprint density at radius 3 is 1.07 bits per heavy atom. The van der Waals surface area contributed by atoms with E-state index in [4.69, 9.17) is 10.2 Å². The van der Waals surface area contributed by atoms with E-state index in [0.717, 1.165) is 0 Å². The third-order valence-corrected chi connectivity index (χ3v) is 6.90. The number of carbonyl (C=O) groups excluding carboxylic acids is 2. The second kappa shape index (κ2) is 8.12. The number of hydrogen-bond donors (Lipinski definition) is 6. The van der Waals surface area contributed by atoms with Crippen LogP contribution < -0.4 is 0 Å². The number of carboxylic acids is 2. The molecule has 0 aliphatic carbocycles. The van der Waals surface area contributed by atoms with Gasteiger partial charge in [-0.25, -0.2) is 19.2 Å². The summed E-state index contributed by atoms with van der Waals surface area (Å²) in [4.78, 5) is 43.6. The van der Waals surface area contributed by atoms with Gasteiger partial charge in [0.1, 0.15) is 19.6 Å². The maximum absolute atomic E-state index is 12.1. The molecule has 0 radical (unpaired) electrons. The van der Waals surface area contributed by atoms with E-state index in [0.29, 0.717) is 0 Å². The van der Waals surface area contributed by atoms with Gasteiger partial charge in [0, 0.05) is 0 Å². The molecule has 0 bridgehead atoms. The van der Waals surface area contributed by atoms with Crippen molar-refractivity contribution in [3.8, 4) is 0 Å². The quantitative estimate of drug-likeness (QED) is 0.266. The molecule has 2 aliphatic rings. The number of aliphatic hydroxyl groups is 4. The van der Waals surface area contributed by atoms with Crippen molar-refractivity contribution in [3.05, 3.63) is 40.0 Å². The van der Waals surface area contributed by atoms with E-state index in [9.17, 15) is 39.6 Å². The van der Waals surface area contributed by atoms with Crippen molar-refractivity contribution in [2.45, 2.75) is 0 Å². The largest absolute Gasteiger partial charge is 0.499 e. The van der Waals surface area contributed by atoms with Crippen molar-refractivity contribution in [1.29, 1.82) is 0 Å². The highest BCUT2D eigenvalue weighted by Crippen LogP contribution is 2.45. The van der Waals surface area contributed by atoms with Crippen LogP contribution in [0.5, 0.6) is 0 Å². The second-order valence-electron chi connectivity index (χ2n) is 4.23. The lowest BCUT2D eigenvalue weighted by Crippen LogP contribution is -2.20. The van der Waals surface area contributed by atoms with Crippen molar-refractivity contribution in [2.75, 3.05) is 0 Å². The number of rotatable bonds is 4. The average molecular weight is 454 g/mol. The summed E-state index contributed by atoms with van der Waals surface area (Å²) < 4.78 is 4.44. The van der Waals surface area contributed by atoms with Gasteiger partial charge in [0.15, 0.2) is 0 Å². The Hall–Kier alpha value is -2.36. The summed E-state index contributed by atoms with van der Waals surface area (Å²) in [6, 6.07) is 0. The van der Waals surface area contributed by atoms with Crippen LogP contribution in [0, 0.1) is 0 Å². The molecule has 6 N–H and O–H groups in total. The molecule has 0 spiro atoms. The van der Waals surface area contributed by atoms with E-state index < -0.39 is 63.9 Å². The smallest absolute Gasteiger partial charge is 0.354 e. The van der Waals surface area contributed by atoms with Gasteiger partial charge in [-0.1, -0.05) is 0 Å². The normalized spacial score (nSPS) is 17.9. The first-order valence-corrected chi connectivity index (χ1v) is 9.47. The van der Waals surface area contributed by atoms with Crippen molar-refractivity contribution in [2.24, 2.45) is 0 Å². The Bertz CT molecular complexity index is 823. The van der Waals surface area contributed by atoms with Gasteiger partial charge >= 0.3 is 23.9 Å². The van der Waals surface area contributed by atoms with Crippen molar-refractivity contribution in [3.63, 3.8) is 0 Å². The molecule has 144 valence electrons. The molecule has 0 aromatic rings. The highest BCUT2D eigenvalue weighted by molar-refractivity contribution is 8.14. The van der Waals surface area contributed by atoms with Gasteiger partial charge in [0.25, 0.3) is 0 Å². The van der Waals surface area contributed by atoms with Crippen LogP contribution in [-0.2, 0) is 23.9 Å². The molecule has 0 aromatic carbocycles. The Kier molecular flexibility index (Phi) is 6.30. The third-order valence-electron chi connectivity index (χ3n) is 2.52. The van der Waals surface area contributed by atoms with Crippen LogP contribution in [0.25, 0.3) is 0 Å². The molecule has 2 rings (SSSR count). The molecule has 0 amide bonds. The molecule has 27 heavy (non-hydrogen) atoms. The lowest BCUT2D eigenvalue weighted by molar-refractivity contribution is -0.153. The number of esters is 2. The molecule has 0 aromatic heterocycles. The first kappa shape index (κ1) is 20.9. The fourth-order valence-corrected chi connectivity index (χ4v) is 4.73. The van der Waals surface area contributed by atoms with E-state index in [2.05, 4.69) is 4.74 Å². The number of carboxylic acid groups (broad SMARTS) is 2. The maximum Gasteiger partial charge on any atom is 0.354 e. The topological polar surface area (TPSA) is 199 Å². The molecular weight excluding hydrogens is 448 g/mol. The Morgan fingerprint density at radius 1 is 0.556 bits per heavy atom. The summed E-state index contributed by atoms with van der Waals surface area (Å²) in [5.41, 5.74) is 0. The van der Waals surface area contributed by atoms with Crippen LogP contribution in [0.15, 0.2) is 40.0 Å². The molecule has 15 heteroatoms. The van der Waals surface area contributed by atoms with Gasteiger partial charge in [-0.2, -0.15) is 0 Å². The maximum atomic E-state index is 12.1. The minimum Gasteiger partial charge on any atom is -0.499 e. The van der Waals surface area contributed by atoms with Gasteiger partial charge in [-0.15, -0.1) is 0 Å². The first-order chi connectivity index (χ1) is 12.5. The van der Waals surface area contributed by atoms with E-state index in [1.54, 1.807) is 0 Å². The van der Waals surface area contributed by atoms with Crippen LogP contribution in [0.1, 0.15) is 0 Å². The van der Waals surface area contributed by atoms with Crippen molar-refractivity contribution >= 4 is 70.9 Å². The molecule has 11 nitrogen and oxygen atoms in total. The zero-order valence-corrected chi connectivity index (χ0v) is 15.6. The van der Waals surface area contributed by atoms with Gasteiger partial charge in [-0.3, -0.25) is 0 Å². The van der Waals surface area contributed by atoms with Gasteiger partial charge in [0.2, 0.25) is 20.4 Å². The fraction of sp³-hybridized carbons (Fsp3) is 0. The third kappa shape index (κ3) is 4.49. The van der Waals surface area contributed by atoms with Crippen molar-refractivity contribution < 1.29 is 54.6 Å². The van der Waals surface area contributed by atoms with E-state index in [-0.39, 0.29) is 47.0 Å². The van der Waals surface area contributed by atoms with E-state index in [1.165, 1.54) is 0 Å². The van der Waals surface area contributed by atoms with Gasteiger partial charge < -0.3 is 35.4 Å². The monoisotopic (exact) mass is 454 g/mol. The summed E-state index contributed by atoms with van der Waals surface area (Å²) in [5.74, 6) is -6.36. The zero-order chi connectivity index (χ0) is 20.5. The minimum atomic E-state index is -1.65. The summed E-state index contributed by atoms with van der Waals surface area (Å²) in [6.07, 6.45) is 0. The van der Waals surface area contributed by atoms with Crippen molar-refractivity contribution in [1.82, 2.24) is 0 Å². The number of carbonyl (C=O) groups is 4. The van der Waals surface area contributed by atoms with Gasteiger partial charge in [-0.05, 0) is 47.0 Å². The number of ether oxygens (including phenoxy) is 1. The molecular formula is C12H6O11S4. The molecule has 0 atom stereocenters. The average Bonchev–Trinajstić information content (AvgIpc) is 2.58. The highest BCUT2D eigenvalue weighted by atomic mass is 32.2. The lowest BCUT2D eigenvalue weighted by Gasteiger charge is -2.17. The van der Waals surface area contributed by atoms with Gasteiger partial charge in [0.05, 0.1) is 0 Å². The number of aliphatic carboxylic acids is 2. The minimum absolute atomic E-state index is 0.129. The molecule has 0 saturated heterocycles. The van der Waals surface area contributed by atoms with E-state index in [1.807, 2.05) is 0 Å². The summed E-state index contributed by atoms with van der Waals surface area (Å²) in [7, 11) is 0. The fourth-order valence-electron chi connectivity index (χ4n) is 1.47. The number of thioether (sulfide) groups is 4. The highest BCUT2D eigenvalue weighted by Gasteiger charge is 2.36. The Labute approximate surface area is 165 Å². The molecule has 0 unspecified atom stereocenters. The molecule has 2 aliphatic heterocycles. The molecule has 0 saturated carbocycles. The second-order valence-corrected chi connectivity index (χ2v) is 8.23. The SMILES string of the molecule is O=C(O)C1=C(C(=O)OC(=O)C2=C(C(=O)O)SC(O)=C(O)S2)SC(O)=C(O)S1. The summed E-state index contributed by atoms with van der Waals surface area (Å²) in [5, 5.41) is 52.6. The molecule has 2 heterocycles. The van der Waals surface area contributed by atoms with Crippen LogP contribution in [0.2, 0.25) is 0 Å². The summed E-state index contributed by atoms with van der Waals surface area (Å²) >= 11 is 0.546. The van der Waals surface area contributed by atoms with Crippen LogP contribution >= 0.6 is 47.0 Å². The standard InChI is InChI=1S/C12H6O11S4/c13-5(14)1-3(26-11(21)9(19)24-1)7(17)23-8(18)4-2(6(15)16)25-10(20)12(22)27-4/h19-22H,(H,13,14)(H,15,16). The summed E-state index contributed by atoms with van der Waals surface area (Å²) in [6.45, 7) is 0. The predicted octanol–water partition coefficient (Wildman–Crippen LogP) is 2.09. The van der Waals surface area contributed by atoms with Crippen LogP contribution in [0.3, 0.4) is 0 Å². The van der Waals surface area contributed by atoms with Crippen LogP contribution in [-0.4, -0.2) is 54.5 Å². The lowest BCUT2D eigenvalue weighted by atomic mass is 10.4. The Balaban J connectivity index is 2.30.